The molecule has 0 saturated carbocycles. The highest BCUT2D eigenvalue weighted by atomic mass is 16.5. The Kier molecular flexibility index (Phi) is 8.63. The molecule has 2 aliphatic rings. The first-order valence-corrected chi connectivity index (χ1v) is 15.7. The van der Waals surface area contributed by atoms with Crippen LogP contribution in [0.2, 0.25) is 0 Å². The molecule has 1 aliphatic heterocycles. The van der Waals surface area contributed by atoms with Crippen molar-refractivity contribution in [1.29, 1.82) is 0 Å². The van der Waals surface area contributed by atoms with E-state index in [1.165, 1.54) is 47.2 Å². The molecule has 234 valence electrons. The Hall–Kier alpha value is -4.63. The predicted molar refractivity (Wildman–Crippen MR) is 173 cm³/mol. The number of anilines is 1. The largest absolute Gasteiger partial charge is 0.480 e. The molecule has 0 spiro atoms. The molecule has 2 heterocycles. The maximum absolute atomic E-state index is 12.2. The maximum Gasteiger partial charge on any atom is 0.342 e. The zero-order valence-corrected chi connectivity index (χ0v) is 26.0. The van der Waals surface area contributed by atoms with Gasteiger partial charge in [0.05, 0.1) is 25.0 Å². The van der Waals surface area contributed by atoms with Gasteiger partial charge in [0.15, 0.2) is 0 Å². The number of nitrogens with one attached hydrogen (secondary N) is 1. The fourth-order valence-electron chi connectivity index (χ4n) is 7.03. The molecule has 2 atom stereocenters. The number of likely N-dealkylation sites (tertiary alicyclic amines) is 1. The number of fused-ring (bicyclic) bond motifs is 1. The van der Waals surface area contributed by atoms with Gasteiger partial charge in [-0.05, 0) is 103 Å². The summed E-state index contributed by atoms with van der Waals surface area (Å²) in [5.41, 5.74) is 9.29. The van der Waals surface area contributed by atoms with Gasteiger partial charge in [-0.25, -0.2) is 9.48 Å². The number of rotatable bonds is 9. The van der Waals surface area contributed by atoms with E-state index < -0.39 is 12.1 Å². The van der Waals surface area contributed by atoms with Crippen LogP contribution in [0.25, 0.3) is 16.8 Å². The molecule has 1 unspecified atom stereocenters. The Morgan fingerprint density at radius 2 is 1.84 bits per heavy atom. The number of carbonyl (C=O) groups excluding carboxylic acids is 1. The lowest BCUT2D eigenvalue weighted by Gasteiger charge is -2.34. The summed E-state index contributed by atoms with van der Waals surface area (Å²) < 4.78 is 6.93. The number of carbonyl (C=O) groups is 2. The first kappa shape index (κ1) is 30.4. The number of benzene rings is 3. The number of hydrogen-bond acceptors (Lipinski definition) is 6. The summed E-state index contributed by atoms with van der Waals surface area (Å²) in [4.78, 5) is 25.7. The van der Waals surface area contributed by atoms with Crippen LogP contribution in [0.4, 0.5) is 5.69 Å². The molecule has 6 rings (SSSR count). The Morgan fingerprint density at radius 3 is 2.56 bits per heavy atom. The van der Waals surface area contributed by atoms with Crippen LogP contribution < -0.4 is 10.1 Å². The number of aromatic nitrogens is 2. The molecular formula is C36H40N4O5. The van der Waals surface area contributed by atoms with Crippen LogP contribution in [0.15, 0.2) is 66.9 Å². The highest BCUT2D eigenvalue weighted by molar-refractivity contribution is 5.90. The van der Waals surface area contributed by atoms with Crippen molar-refractivity contribution in [3.05, 3.63) is 94.7 Å². The summed E-state index contributed by atoms with van der Waals surface area (Å²) in [6, 6.07) is 21.3. The zero-order valence-electron chi connectivity index (χ0n) is 26.0. The molecule has 1 fully saturated rings. The first-order valence-electron chi connectivity index (χ1n) is 15.7. The molecule has 3 aromatic carbocycles. The lowest BCUT2D eigenvalue weighted by molar-refractivity contribution is -0.140. The molecule has 4 aromatic rings. The fraction of sp³-hybridized carbons (Fsp3) is 0.361. The topological polar surface area (TPSA) is 117 Å². The number of aryl methyl sites for hydroxylation is 2. The van der Waals surface area contributed by atoms with E-state index in [9.17, 15) is 19.8 Å². The van der Waals surface area contributed by atoms with Crippen LogP contribution >= 0.6 is 0 Å². The number of methoxy groups -OCH3 is 1. The highest BCUT2D eigenvalue weighted by Crippen LogP contribution is 2.42. The van der Waals surface area contributed by atoms with Gasteiger partial charge in [0.2, 0.25) is 5.88 Å². The van der Waals surface area contributed by atoms with Crippen molar-refractivity contribution >= 4 is 17.6 Å². The molecule has 0 bridgehead atoms. The van der Waals surface area contributed by atoms with Gasteiger partial charge in [-0.3, -0.25) is 4.79 Å². The minimum absolute atomic E-state index is 0.0159. The second-order valence-corrected chi connectivity index (χ2v) is 12.0. The molecule has 9 heteroatoms. The van der Waals surface area contributed by atoms with Gasteiger partial charge in [-0.2, -0.15) is 5.10 Å². The first-order chi connectivity index (χ1) is 21.8. The van der Waals surface area contributed by atoms with Gasteiger partial charge in [0, 0.05) is 18.8 Å². The summed E-state index contributed by atoms with van der Waals surface area (Å²) in [6.07, 6.45) is 5.06. The minimum atomic E-state index is -1.09. The standard InChI is InChI=1S/C36H40N4O5/c1-4-23-19-27(12-13-29(23)24-15-17-39(18-16-24)34(42)22(2)41)38-32-14-11-25-7-6-10-30(33(25)32)26-8-5-9-28(20-26)40-35(45-3)31(21-37-40)36(43)44/h5-10,12-13,19-22,24,32,38,41H,4,11,14-18H2,1-3H3,(H,43,44)/t22-,32?/m0/s1. The molecule has 0 radical (unpaired) electrons. The number of aromatic carboxylic acids is 1. The predicted octanol–water partition coefficient (Wildman–Crippen LogP) is 5.99. The quantitative estimate of drug-likeness (QED) is 0.214. The molecule has 9 nitrogen and oxygen atoms in total. The lowest BCUT2D eigenvalue weighted by atomic mass is 9.85. The van der Waals surface area contributed by atoms with Gasteiger partial charge in [0.25, 0.3) is 5.91 Å². The summed E-state index contributed by atoms with van der Waals surface area (Å²) in [5, 5.41) is 27.4. The average Bonchev–Trinajstić information content (AvgIpc) is 3.69. The number of nitrogens with zero attached hydrogens (tertiary/aromatic N) is 3. The number of amides is 1. The third kappa shape index (κ3) is 5.92. The van der Waals surface area contributed by atoms with Crippen LogP contribution in [0.5, 0.6) is 5.88 Å². The van der Waals surface area contributed by atoms with E-state index in [2.05, 4.69) is 59.8 Å². The van der Waals surface area contributed by atoms with Crippen molar-refractivity contribution in [2.45, 2.75) is 64.0 Å². The minimum Gasteiger partial charge on any atom is -0.480 e. The monoisotopic (exact) mass is 608 g/mol. The normalized spacial score (nSPS) is 17.2. The van der Waals surface area contributed by atoms with Crippen molar-refractivity contribution in [3.63, 3.8) is 0 Å². The summed E-state index contributed by atoms with van der Waals surface area (Å²) in [5.74, 6) is -0.678. The Balaban J connectivity index is 1.24. The zero-order chi connectivity index (χ0) is 31.7. The SMILES string of the molecule is CCc1cc(NC2CCc3cccc(-c4cccc(-n5ncc(C(=O)O)c5OC)c4)c32)ccc1C1CCN(C(=O)[C@H](C)O)CC1. The third-order valence-corrected chi connectivity index (χ3v) is 9.27. The van der Waals surface area contributed by atoms with Gasteiger partial charge in [-0.1, -0.05) is 43.3 Å². The van der Waals surface area contributed by atoms with Gasteiger partial charge in [0.1, 0.15) is 11.7 Å². The number of carboxylic acids is 1. The number of ether oxygens (including phenoxy) is 1. The second kappa shape index (κ2) is 12.8. The average molecular weight is 609 g/mol. The summed E-state index contributed by atoms with van der Waals surface area (Å²) >= 11 is 0. The number of hydrogen-bond donors (Lipinski definition) is 3. The third-order valence-electron chi connectivity index (χ3n) is 9.27. The van der Waals surface area contributed by atoms with E-state index in [-0.39, 0.29) is 23.4 Å². The van der Waals surface area contributed by atoms with Gasteiger partial charge in [-0.15, -0.1) is 0 Å². The van der Waals surface area contributed by atoms with Crippen LogP contribution in [0.1, 0.15) is 77.7 Å². The highest BCUT2D eigenvalue weighted by Gasteiger charge is 2.29. The molecule has 1 aromatic heterocycles. The van der Waals surface area contributed by atoms with Crippen molar-refractivity contribution < 1.29 is 24.5 Å². The van der Waals surface area contributed by atoms with Crippen LogP contribution in [0.3, 0.4) is 0 Å². The van der Waals surface area contributed by atoms with E-state index in [1.807, 2.05) is 18.2 Å². The number of piperidine rings is 1. The smallest absolute Gasteiger partial charge is 0.342 e. The van der Waals surface area contributed by atoms with Crippen molar-refractivity contribution in [1.82, 2.24) is 14.7 Å². The van der Waals surface area contributed by atoms with E-state index >= 15 is 0 Å². The lowest BCUT2D eigenvalue weighted by Crippen LogP contribution is -2.42. The van der Waals surface area contributed by atoms with E-state index in [0.29, 0.717) is 19.0 Å². The Bertz CT molecular complexity index is 1720. The van der Waals surface area contributed by atoms with Crippen molar-refractivity contribution in [3.8, 4) is 22.7 Å². The van der Waals surface area contributed by atoms with Crippen LogP contribution in [-0.2, 0) is 17.6 Å². The molecule has 1 aliphatic carbocycles. The van der Waals surface area contributed by atoms with Crippen molar-refractivity contribution in [2.24, 2.45) is 0 Å². The van der Waals surface area contributed by atoms with Gasteiger partial charge >= 0.3 is 5.97 Å². The molecule has 3 N–H and O–H groups in total. The number of carboxylic acid groups (broad SMARTS) is 1. The Labute approximate surface area is 263 Å². The summed E-state index contributed by atoms with van der Waals surface area (Å²) in [7, 11) is 1.45. The fourth-order valence-corrected chi connectivity index (χ4v) is 7.03. The number of aliphatic hydroxyl groups is 1. The van der Waals surface area contributed by atoms with E-state index in [0.717, 1.165) is 54.6 Å². The van der Waals surface area contributed by atoms with Gasteiger partial charge < -0.3 is 25.2 Å². The van der Waals surface area contributed by atoms with Crippen LogP contribution in [0, 0.1) is 0 Å². The molecule has 1 saturated heterocycles. The van der Waals surface area contributed by atoms with Crippen molar-refractivity contribution in [2.75, 3.05) is 25.5 Å². The second-order valence-electron chi connectivity index (χ2n) is 12.0. The van der Waals surface area contributed by atoms with E-state index in [4.69, 9.17) is 4.74 Å². The summed E-state index contributed by atoms with van der Waals surface area (Å²) in [6.45, 7) is 5.08. The molecular weight excluding hydrogens is 568 g/mol. The molecule has 45 heavy (non-hydrogen) atoms. The van der Waals surface area contributed by atoms with Crippen LogP contribution in [-0.4, -0.2) is 63.1 Å². The number of aliphatic hydroxyl groups excluding tert-OH is 1. The Morgan fingerprint density at radius 1 is 1.07 bits per heavy atom. The maximum atomic E-state index is 12.2. The molecule has 1 amide bonds. The van der Waals surface area contributed by atoms with E-state index in [1.54, 1.807) is 4.90 Å².